The van der Waals surface area contributed by atoms with E-state index in [1.165, 1.54) is 0 Å². The first kappa shape index (κ1) is 23.2. The van der Waals surface area contributed by atoms with Gasteiger partial charge in [-0.2, -0.15) is 0 Å². The van der Waals surface area contributed by atoms with Crippen LogP contribution in [0, 0.1) is 0 Å². The Morgan fingerprint density at radius 1 is 0.833 bits per heavy atom. The van der Waals surface area contributed by atoms with Gasteiger partial charge >= 0.3 is 0 Å². The molecule has 0 atom stereocenters. The summed E-state index contributed by atoms with van der Waals surface area (Å²) in [4.78, 5) is 4.70. The van der Waals surface area contributed by atoms with Crippen molar-refractivity contribution in [1.82, 2.24) is 10.6 Å². The molecule has 0 saturated carbocycles. The summed E-state index contributed by atoms with van der Waals surface area (Å²) < 4.78 is 22.1. The smallest absolute Gasteiger partial charge is 0.203 e. The zero-order chi connectivity index (χ0) is 21.8. The molecular weight excluding hydrogens is 382 g/mol. The fourth-order valence-corrected chi connectivity index (χ4v) is 3.11. The Morgan fingerprint density at radius 2 is 1.60 bits per heavy atom. The van der Waals surface area contributed by atoms with Crippen LogP contribution in [0.2, 0.25) is 0 Å². The normalized spacial score (nSPS) is 11.0. The molecule has 0 aromatic heterocycles. The topological polar surface area (TPSA) is 73.3 Å². The zero-order valence-electron chi connectivity index (χ0n) is 18.6. The summed E-state index contributed by atoms with van der Waals surface area (Å²) in [5.41, 5.74) is 2.08. The molecule has 0 aliphatic carbocycles. The quantitative estimate of drug-likeness (QED) is 0.433. The van der Waals surface area contributed by atoms with Crippen molar-refractivity contribution in [2.75, 3.05) is 41.0 Å². The van der Waals surface area contributed by atoms with Gasteiger partial charge in [0.05, 0.1) is 34.5 Å². The van der Waals surface area contributed by atoms with Crippen molar-refractivity contribution in [3.05, 3.63) is 47.5 Å². The third kappa shape index (κ3) is 6.20. The van der Waals surface area contributed by atoms with E-state index < -0.39 is 0 Å². The van der Waals surface area contributed by atoms with Gasteiger partial charge < -0.3 is 29.6 Å². The SMILES string of the molecule is CCNC(=NCc1ccccc1OCC)NCCc1ccc(OC)c(OC)c1OC. The molecule has 0 bridgehead atoms. The molecule has 2 aromatic carbocycles. The number of hydrogen-bond donors (Lipinski definition) is 2. The van der Waals surface area contributed by atoms with Crippen LogP contribution < -0.4 is 29.6 Å². The lowest BCUT2D eigenvalue weighted by molar-refractivity contribution is 0.322. The van der Waals surface area contributed by atoms with Gasteiger partial charge in [0.1, 0.15) is 5.75 Å². The van der Waals surface area contributed by atoms with Gasteiger partial charge in [-0.3, -0.25) is 0 Å². The highest BCUT2D eigenvalue weighted by molar-refractivity contribution is 5.79. The summed E-state index contributed by atoms with van der Waals surface area (Å²) >= 11 is 0. The second-order valence-electron chi connectivity index (χ2n) is 6.41. The average molecular weight is 416 g/mol. The van der Waals surface area contributed by atoms with Gasteiger partial charge in [0.2, 0.25) is 5.75 Å². The first-order valence-electron chi connectivity index (χ1n) is 10.2. The van der Waals surface area contributed by atoms with Crippen molar-refractivity contribution in [1.29, 1.82) is 0 Å². The van der Waals surface area contributed by atoms with Crippen LogP contribution in [0.3, 0.4) is 0 Å². The van der Waals surface area contributed by atoms with Gasteiger partial charge in [0.15, 0.2) is 17.5 Å². The highest BCUT2D eigenvalue weighted by atomic mass is 16.5. The van der Waals surface area contributed by atoms with Crippen LogP contribution in [0.25, 0.3) is 0 Å². The lowest BCUT2D eigenvalue weighted by atomic mass is 10.1. The van der Waals surface area contributed by atoms with E-state index in [4.69, 9.17) is 23.9 Å². The maximum absolute atomic E-state index is 5.69. The number of benzene rings is 2. The molecule has 0 saturated heterocycles. The number of nitrogens with zero attached hydrogens (tertiary/aromatic N) is 1. The minimum absolute atomic E-state index is 0.533. The summed E-state index contributed by atoms with van der Waals surface area (Å²) in [5, 5.41) is 6.66. The van der Waals surface area contributed by atoms with Crippen LogP contribution in [-0.2, 0) is 13.0 Å². The minimum Gasteiger partial charge on any atom is -0.494 e. The van der Waals surface area contributed by atoms with Crippen LogP contribution in [0.4, 0.5) is 0 Å². The predicted octanol–water partition coefficient (Wildman–Crippen LogP) is 3.41. The molecule has 2 aromatic rings. The number of aliphatic imine (C=N–C) groups is 1. The second-order valence-corrected chi connectivity index (χ2v) is 6.41. The highest BCUT2D eigenvalue weighted by Crippen LogP contribution is 2.39. The van der Waals surface area contributed by atoms with Crippen molar-refractivity contribution in [3.63, 3.8) is 0 Å². The lowest BCUT2D eigenvalue weighted by Crippen LogP contribution is -2.38. The number of rotatable bonds is 11. The van der Waals surface area contributed by atoms with Crippen LogP contribution >= 0.6 is 0 Å². The van der Waals surface area contributed by atoms with Crippen molar-refractivity contribution in [2.45, 2.75) is 26.8 Å². The Kier molecular flexibility index (Phi) is 9.64. The summed E-state index contributed by atoms with van der Waals surface area (Å²) in [5.74, 6) is 3.56. The molecule has 2 N–H and O–H groups in total. The van der Waals surface area contributed by atoms with Gasteiger partial charge in [-0.1, -0.05) is 24.3 Å². The van der Waals surface area contributed by atoms with Gasteiger partial charge in [-0.15, -0.1) is 0 Å². The molecule has 0 radical (unpaired) electrons. The molecular formula is C23H33N3O4. The van der Waals surface area contributed by atoms with Gasteiger partial charge in [-0.25, -0.2) is 4.99 Å². The molecule has 0 aliphatic heterocycles. The molecule has 7 nitrogen and oxygen atoms in total. The van der Waals surface area contributed by atoms with Crippen molar-refractivity contribution in [3.8, 4) is 23.0 Å². The van der Waals surface area contributed by atoms with Crippen LogP contribution in [-0.4, -0.2) is 47.0 Å². The summed E-state index contributed by atoms with van der Waals surface area (Å²) in [6.45, 7) is 6.65. The van der Waals surface area contributed by atoms with E-state index in [9.17, 15) is 0 Å². The molecule has 164 valence electrons. The van der Waals surface area contributed by atoms with E-state index in [2.05, 4.69) is 10.6 Å². The second kappa shape index (κ2) is 12.5. The van der Waals surface area contributed by atoms with E-state index in [-0.39, 0.29) is 0 Å². The van der Waals surface area contributed by atoms with Crippen LogP contribution in [0.1, 0.15) is 25.0 Å². The molecule has 0 aliphatic rings. The molecule has 0 fully saturated rings. The summed E-state index contributed by atoms with van der Waals surface area (Å²) in [6.07, 6.45) is 0.740. The Morgan fingerprint density at radius 3 is 2.27 bits per heavy atom. The Bertz CT molecular complexity index is 824. The average Bonchev–Trinajstić information content (AvgIpc) is 2.77. The lowest BCUT2D eigenvalue weighted by Gasteiger charge is -2.17. The maximum atomic E-state index is 5.69. The third-order valence-corrected chi connectivity index (χ3v) is 4.50. The Balaban J connectivity index is 2.06. The van der Waals surface area contributed by atoms with E-state index in [0.717, 1.165) is 35.8 Å². The zero-order valence-corrected chi connectivity index (χ0v) is 18.6. The minimum atomic E-state index is 0.533. The fourth-order valence-electron chi connectivity index (χ4n) is 3.11. The van der Waals surface area contributed by atoms with E-state index in [1.807, 2.05) is 50.2 Å². The number of para-hydroxylation sites is 1. The van der Waals surface area contributed by atoms with Crippen molar-refractivity contribution < 1.29 is 18.9 Å². The monoisotopic (exact) mass is 415 g/mol. The predicted molar refractivity (Wildman–Crippen MR) is 120 cm³/mol. The first-order valence-corrected chi connectivity index (χ1v) is 10.2. The molecule has 0 amide bonds. The van der Waals surface area contributed by atoms with E-state index in [1.54, 1.807) is 21.3 Å². The number of hydrogen-bond acceptors (Lipinski definition) is 5. The van der Waals surface area contributed by atoms with E-state index >= 15 is 0 Å². The van der Waals surface area contributed by atoms with Crippen LogP contribution in [0.15, 0.2) is 41.4 Å². The van der Waals surface area contributed by atoms with Crippen molar-refractivity contribution >= 4 is 5.96 Å². The van der Waals surface area contributed by atoms with Gasteiger partial charge in [0, 0.05) is 24.2 Å². The molecule has 30 heavy (non-hydrogen) atoms. The number of methoxy groups -OCH3 is 3. The fraction of sp³-hybridized carbons (Fsp3) is 0.435. The molecule has 0 unspecified atom stereocenters. The number of nitrogens with one attached hydrogen (secondary N) is 2. The molecule has 2 rings (SSSR count). The third-order valence-electron chi connectivity index (χ3n) is 4.50. The number of ether oxygens (including phenoxy) is 4. The molecule has 0 spiro atoms. The van der Waals surface area contributed by atoms with Crippen LogP contribution in [0.5, 0.6) is 23.0 Å². The maximum Gasteiger partial charge on any atom is 0.203 e. The van der Waals surface area contributed by atoms with Crippen molar-refractivity contribution in [2.24, 2.45) is 4.99 Å². The molecule has 7 heteroatoms. The van der Waals surface area contributed by atoms with Gasteiger partial charge in [-0.05, 0) is 32.4 Å². The first-order chi connectivity index (χ1) is 14.7. The summed E-state index contributed by atoms with van der Waals surface area (Å²) in [7, 11) is 4.86. The number of guanidine groups is 1. The summed E-state index contributed by atoms with van der Waals surface area (Å²) in [6, 6.07) is 11.9. The highest BCUT2D eigenvalue weighted by Gasteiger charge is 2.15. The van der Waals surface area contributed by atoms with Gasteiger partial charge in [0.25, 0.3) is 0 Å². The largest absolute Gasteiger partial charge is 0.494 e. The molecule has 0 heterocycles. The Hall–Kier alpha value is -3.09. The standard InChI is InChI=1S/C23H33N3O4/c1-6-24-23(26-16-18-10-8-9-11-19(18)30-7-2)25-15-14-17-12-13-20(27-3)22(29-5)21(17)28-4/h8-13H,6-7,14-16H2,1-5H3,(H2,24,25,26). The Labute approximate surface area is 179 Å². The van der Waals surface area contributed by atoms with E-state index in [0.29, 0.717) is 36.9 Å².